The number of nitrogens with zero attached hydrogens (tertiary/aromatic N) is 2. The van der Waals surface area contributed by atoms with E-state index in [1.165, 1.54) is 32.1 Å². The molecule has 0 bridgehead atoms. The number of hydrogen-bond acceptors (Lipinski definition) is 2. The highest BCUT2D eigenvalue weighted by molar-refractivity contribution is 5.81. The van der Waals surface area contributed by atoms with Crippen LogP contribution in [0.25, 0.3) is 0 Å². The highest BCUT2D eigenvalue weighted by atomic mass is 16.2. The van der Waals surface area contributed by atoms with Gasteiger partial charge in [-0.05, 0) is 31.6 Å². The van der Waals surface area contributed by atoms with Gasteiger partial charge in [0.25, 0.3) is 0 Å². The van der Waals surface area contributed by atoms with E-state index in [0.29, 0.717) is 24.9 Å². The molecule has 1 amide bonds. The summed E-state index contributed by atoms with van der Waals surface area (Å²) in [6, 6.07) is 0.551. The molecule has 0 spiro atoms. The highest BCUT2D eigenvalue weighted by Gasteiger charge is 2.20. The molecule has 1 saturated carbocycles. The minimum atomic E-state index is 0.269. The number of aliphatic imine (C=N–C) groups is 1. The van der Waals surface area contributed by atoms with Gasteiger partial charge in [0.15, 0.2) is 5.96 Å². The summed E-state index contributed by atoms with van der Waals surface area (Å²) in [6.45, 7) is 4.74. The molecule has 120 valence electrons. The molecule has 1 aliphatic heterocycles. The molecule has 0 radical (unpaired) electrons. The second-order valence-corrected chi connectivity index (χ2v) is 6.46. The molecule has 0 aromatic heterocycles. The molecule has 1 heterocycles. The lowest BCUT2D eigenvalue weighted by molar-refractivity contribution is -0.132. The van der Waals surface area contributed by atoms with E-state index in [0.717, 1.165) is 25.5 Å². The Morgan fingerprint density at radius 3 is 2.67 bits per heavy atom. The first-order chi connectivity index (χ1) is 10.2. The van der Waals surface area contributed by atoms with Gasteiger partial charge in [-0.25, -0.2) is 0 Å². The normalized spacial score (nSPS) is 24.2. The monoisotopic (exact) mass is 294 g/mol. The predicted octanol–water partition coefficient (Wildman–Crippen LogP) is 1.74. The van der Waals surface area contributed by atoms with Crippen LogP contribution in [0.15, 0.2) is 4.99 Å². The van der Waals surface area contributed by atoms with Crippen LogP contribution in [-0.2, 0) is 4.79 Å². The number of amides is 1. The average Bonchev–Trinajstić information content (AvgIpc) is 2.99. The van der Waals surface area contributed by atoms with Gasteiger partial charge < -0.3 is 15.5 Å². The first kappa shape index (κ1) is 16.1. The smallest absolute Gasteiger partial charge is 0.224 e. The highest BCUT2D eigenvalue weighted by Crippen LogP contribution is 2.17. The maximum absolute atomic E-state index is 12.2. The van der Waals surface area contributed by atoms with Gasteiger partial charge in [-0.15, -0.1) is 0 Å². The lowest BCUT2D eigenvalue weighted by atomic mass is 10.00. The first-order valence-corrected chi connectivity index (χ1v) is 8.44. The molecule has 0 aromatic rings. The summed E-state index contributed by atoms with van der Waals surface area (Å²) in [7, 11) is 1.79. The molecule has 1 saturated heterocycles. The van der Waals surface area contributed by atoms with Crippen molar-refractivity contribution in [1.29, 1.82) is 0 Å². The molecular formula is C16H30N4O. The molecule has 0 aromatic carbocycles. The fourth-order valence-electron chi connectivity index (χ4n) is 3.32. The second-order valence-electron chi connectivity index (χ2n) is 6.46. The number of guanidine groups is 1. The van der Waals surface area contributed by atoms with Gasteiger partial charge in [-0.2, -0.15) is 0 Å². The predicted molar refractivity (Wildman–Crippen MR) is 86.3 cm³/mol. The van der Waals surface area contributed by atoms with E-state index in [-0.39, 0.29) is 5.91 Å². The average molecular weight is 294 g/mol. The SMILES string of the molecule is CN=C(NCCC(=O)N1CCCC(C)C1)NC1CCCC1. The van der Waals surface area contributed by atoms with Crippen molar-refractivity contribution in [2.45, 2.75) is 57.9 Å². The Morgan fingerprint density at radius 1 is 1.24 bits per heavy atom. The topological polar surface area (TPSA) is 56.7 Å². The Bertz CT molecular complexity index is 363. The molecule has 21 heavy (non-hydrogen) atoms. The number of hydrogen-bond donors (Lipinski definition) is 2. The van der Waals surface area contributed by atoms with E-state index in [4.69, 9.17) is 0 Å². The fraction of sp³-hybridized carbons (Fsp3) is 0.875. The first-order valence-electron chi connectivity index (χ1n) is 8.44. The summed E-state index contributed by atoms with van der Waals surface area (Å²) >= 11 is 0. The third kappa shape index (κ3) is 5.21. The molecule has 2 fully saturated rings. The molecule has 2 aliphatic rings. The lowest BCUT2D eigenvalue weighted by Gasteiger charge is -2.31. The number of nitrogens with one attached hydrogen (secondary N) is 2. The van der Waals surface area contributed by atoms with E-state index >= 15 is 0 Å². The van der Waals surface area contributed by atoms with E-state index in [1.807, 2.05) is 4.90 Å². The van der Waals surface area contributed by atoms with Gasteiger partial charge in [-0.1, -0.05) is 19.8 Å². The van der Waals surface area contributed by atoms with Crippen LogP contribution in [0, 0.1) is 5.92 Å². The van der Waals surface area contributed by atoms with Crippen molar-refractivity contribution in [3.8, 4) is 0 Å². The van der Waals surface area contributed by atoms with E-state index in [1.54, 1.807) is 7.05 Å². The van der Waals surface area contributed by atoms with Crippen molar-refractivity contribution in [2.24, 2.45) is 10.9 Å². The molecule has 2 rings (SSSR count). The molecule has 2 N–H and O–H groups in total. The summed E-state index contributed by atoms with van der Waals surface area (Å²) in [5.41, 5.74) is 0. The lowest BCUT2D eigenvalue weighted by Crippen LogP contribution is -2.44. The summed E-state index contributed by atoms with van der Waals surface area (Å²) in [6.07, 6.45) is 8.01. The Kier molecular flexibility index (Phi) is 6.33. The van der Waals surface area contributed by atoms with Crippen molar-refractivity contribution in [3.05, 3.63) is 0 Å². The largest absolute Gasteiger partial charge is 0.356 e. The number of rotatable bonds is 4. The fourth-order valence-corrected chi connectivity index (χ4v) is 3.32. The van der Waals surface area contributed by atoms with Crippen LogP contribution in [0.2, 0.25) is 0 Å². The van der Waals surface area contributed by atoms with E-state index < -0.39 is 0 Å². The van der Waals surface area contributed by atoms with Crippen LogP contribution < -0.4 is 10.6 Å². The van der Waals surface area contributed by atoms with Crippen LogP contribution in [0.5, 0.6) is 0 Å². The maximum atomic E-state index is 12.2. The summed E-state index contributed by atoms with van der Waals surface area (Å²) in [5.74, 6) is 1.75. The van der Waals surface area contributed by atoms with Crippen molar-refractivity contribution >= 4 is 11.9 Å². The molecule has 5 heteroatoms. The zero-order chi connectivity index (χ0) is 15.1. The van der Waals surface area contributed by atoms with E-state index in [2.05, 4.69) is 22.5 Å². The molecule has 5 nitrogen and oxygen atoms in total. The van der Waals surface area contributed by atoms with Crippen LogP contribution in [-0.4, -0.2) is 49.5 Å². The molecule has 1 unspecified atom stereocenters. The van der Waals surface area contributed by atoms with Gasteiger partial charge in [-0.3, -0.25) is 9.79 Å². The van der Waals surface area contributed by atoms with Crippen molar-refractivity contribution in [3.63, 3.8) is 0 Å². The Morgan fingerprint density at radius 2 is 2.00 bits per heavy atom. The third-order valence-corrected chi connectivity index (χ3v) is 4.56. The van der Waals surface area contributed by atoms with Crippen LogP contribution >= 0.6 is 0 Å². The van der Waals surface area contributed by atoms with E-state index in [9.17, 15) is 4.79 Å². The summed E-state index contributed by atoms with van der Waals surface area (Å²) in [4.78, 5) is 18.4. The zero-order valence-corrected chi connectivity index (χ0v) is 13.5. The van der Waals surface area contributed by atoms with Crippen molar-refractivity contribution < 1.29 is 4.79 Å². The Balaban J connectivity index is 1.66. The van der Waals surface area contributed by atoms with Gasteiger partial charge in [0, 0.05) is 39.1 Å². The summed E-state index contributed by atoms with van der Waals surface area (Å²) < 4.78 is 0. The number of piperidine rings is 1. The van der Waals surface area contributed by atoms with Gasteiger partial charge >= 0.3 is 0 Å². The maximum Gasteiger partial charge on any atom is 0.224 e. The zero-order valence-electron chi connectivity index (χ0n) is 13.5. The minimum Gasteiger partial charge on any atom is -0.356 e. The second kappa shape index (κ2) is 8.25. The van der Waals surface area contributed by atoms with Crippen LogP contribution in [0.1, 0.15) is 51.9 Å². The standard InChI is InChI=1S/C16H30N4O/c1-13-6-5-11-20(12-13)15(21)9-10-18-16(17-2)19-14-7-3-4-8-14/h13-14H,3-12H2,1-2H3,(H2,17,18,19). The Labute approximate surface area is 128 Å². The van der Waals surface area contributed by atoms with Gasteiger partial charge in [0.05, 0.1) is 0 Å². The third-order valence-electron chi connectivity index (χ3n) is 4.56. The van der Waals surface area contributed by atoms with Crippen LogP contribution in [0.3, 0.4) is 0 Å². The molecular weight excluding hydrogens is 264 g/mol. The van der Waals surface area contributed by atoms with Crippen molar-refractivity contribution in [2.75, 3.05) is 26.7 Å². The van der Waals surface area contributed by atoms with Gasteiger partial charge in [0.1, 0.15) is 0 Å². The van der Waals surface area contributed by atoms with Gasteiger partial charge in [0.2, 0.25) is 5.91 Å². The minimum absolute atomic E-state index is 0.269. The number of carbonyl (C=O) groups is 1. The molecule has 1 aliphatic carbocycles. The quantitative estimate of drug-likeness (QED) is 0.613. The summed E-state index contributed by atoms with van der Waals surface area (Å²) in [5, 5.41) is 6.71. The van der Waals surface area contributed by atoms with Crippen LogP contribution in [0.4, 0.5) is 0 Å². The number of carbonyl (C=O) groups excluding carboxylic acids is 1. The molecule has 1 atom stereocenters. The van der Waals surface area contributed by atoms with Crippen molar-refractivity contribution in [1.82, 2.24) is 15.5 Å². The number of likely N-dealkylation sites (tertiary alicyclic amines) is 1. The Hall–Kier alpha value is -1.26.